The van der Waals surface area contributed by atoms with Crippen LogP contribution in [0.1, 0.15) is 31.1 Å². The van der Waals surface area contributed by atoms with Crippen LogP contribution in [-0.4, -0.2) is 16.6 Å². The lowest BCUT2D eigenvalue weighted by molar-refractivity contribution is 0.00719. The third-order valence-corrected chi connectivity index (χ3v) is 2.59. The van der Waals surface area contributed by atoms with Crippen molar-refractivity contribution < 1.29 is 9.53 Å². The van der Waals surface area contributed by atoms with Crippen LogP contribution in [0, 0.1) is 0 Å². The van der Waals surface area contributed by atoms with E-state index in [2.05, 4.69) is 4.98 Å². The van der Waals surface area contributed by atoms with E-state index in [0.717, 1.165) is 5.52 Å². The number of aromatic nitrogens is 1. The highest BCUT2D eigenvalue weighted by atomic mass is 35.5. The number of aromatic amines is 1. The lowest BCUT2D eigenvalue weighted by atomic mass is 10.1. The van der Waals surface area contributed by atoms with E-state index < -0.39 is 5.60 Å². The molecular formula is C13H14ClNO2. The van der Waals surface area contributed by atoms with Crippen LogP contribution in [0.2, 0.25) is 5.02 Å². The minimum atomic E-state index is -0.512. The first-order chi connectivity index (χ1) is 7.88. The quantitative estimate of drug-likeness (QED) is 0.784. The summed E-state index contributed by atoms with van der Waals surface area (Å²) in [5.74, 6) is -0.364. The zero-order valence-electron chi connectivity index (χ0n) is 10.0. The number of nitrogens with one attached hydrogen (secondary N) is 1. The largest absolute Gasteiger partial charge is 0.456 e. The van der Waals surface area contributed by atoms with Crippen LogP contribution in [0.5, 0.6) is 0 Å². The van der Waals surface area contributed by atoms with Crippen molar-refractivity contribution in [1.82, 2.24) is 4.98 Å². The molecule has 2 aromatic rings. The Labute approximate surface area is 105 Å². The van der Waals surface area contributed by atoms with E-state index in [1.165, 1.54) is 0 Å². The fourth-order valence-electron chi connectivity index (χ4n) is 1.63. The molecule has 0 atom stereocenters. The summed E-state index contributed by atoms with van der Waals surface area (Å²) in [6, 6.07) is 5.46. The maximum absolute atomic E-state index is 12.0. The molecule has 1 aromatic heterocycles. The normalized spacial score (nSPS) is 11.8. The van der Waals surface area contributed by atoms with Crippen molar-refractivity contribution in [3.8, 4) is 0 Å². The number of halogens is 1. The fraction of sp³-hybridized carbons (Fsp3) is 0.308. The van der Waals surface area contributed by atoms with Crippen molar-refractivity contribution in [1.29, 1.82) is 0 Å². The third-order valence-electron chi connectivity index (χ3n) is 2.27. The second kappa shape index (κ2) is 4.08. The van der Waals surface area contributed by atoms with Crippen LogP contribution in [0.3, 0.4) is 0 Å². The molecule has 0 bridgehead atoms. The molecule has 17 heavy (non-hydrogen) atoms. The molecule has 0 fully saturated rings. The Morgan fingerprint density at radius 2 is 2.06 bits per heavy atom. The van der Waals surface area contributed by atoms with Crippen LogP contribution < -0.4 is 0 Å². The molecule has 1 aromatic carbocycles. The Balaban J connectivity index is 2.46. The zero-order chi connectivity index (χ0) is 12.6. The van der Waals surface area contributed by atoms with Gasteiger partial charge in [-0.1, -0.05) is 17.7 Å². The van der Waals surface area contributed by atoms with Crippen molar-refractivity contribution in [2.24, 2.45) is 0 Å². The van der Waals surface area contributed by atoms with Crippen LogP contribution in [0.4, 0.5) is 0 Å². The molecule has 0 aliphatic heterocycles. The van der Waals surface area contributed by atoms with Gasteiger partial charge in [0.1, 0.15) is 5.60 Å². The van der Waals surface area contributed by atoms with Crippen LogP contribution in [0.15, 0.2) is 24.4 Å². The number of carbonyl (C=O) groups is 1. The maximum atomic E-state index is 12.0. The van der Waals surface area contributed by atoms with Gasteiger partial charge in [0.05, 0.1) is 10.6 Å². The van der Waals surface area contributed by atoms with E-state index in [1.54, 1.807) is 12.3 Å². The van der Waals surface area contributed by atoms with Crippen LogP contribution in [-0.2, 0) is 4.74 Å². The molecule has 0 aliphatic rings. The van der Waals surface area contributed by atoms with Gasteiger partial charge in [0.25, 0.3) is 0 Å². The van der Waals surface area contributed by atoms with Gasteiger partial charge < -0.3 is 9.72 Å². The lowest BCUT2D eigenvalue weighted by Gasteiger charge is -2.19. The molecule has 0 saturated carbocycles. The Morgan fingerprint density at radius 1 is 1.35 bits per heavy atom. The minimum absolute atomic E-state index is 0.364. The summed E-state index contributed by atoms with van der Waals surface area (Å²) in [5, 5.41) is 1.26. The first kappa shape index (κ1) is 12.0. The van der Waals surface area contributed by atoms with Gasteiger partial charge in [-0.2, -0.15) is 0 Å². The number of esters is 1. The highest BCUT2D eigenvalue weighted by Gasteiger charge is 2.21. The fourth-order valence-corrected chi connectivity index (χ4v) is 1.91. The molecule has 0 radical (unpaired) electrons. The van der Waals surface area contributed by atoms with Gasteiger partial charge in [0, 0.05) is 17.1 Å². The molecule has 4 heteroatoms. The van der Waals surface area contributed by atoms with Gasteiger partial charge >= 0.3 is 5.97 Å². The number of benzene rings is 1. The lowest BCUT2D eigenvalue weighted by Crippen LogP contribution is -2.23. The molecule has 0 unspecified atom stereocenters. The monoisotopic (exact) mass is 251 g/mol. The molecular weight excluding hydrogens is 238 g/mol. The Hall–Kier alpha value is -1.48. The number of carbonyl (C=O) groups excluding carboxylic acids is 1. The number of hydrogen-bond acceptors (Lipinski definition) is 2. The summed E-state index contributed by atoms with van der Waals surface area (Å²) in [4.78, 5) is 15.0. The van der Waals surface area contributed by atoms with E-state index in [4.69, 9.17) is 16.3 Å². The predicted molar refractivity (Wildman–Crippen MR) is 68.5 cm³/mol. The highest BCUT2D eigenvalue weighted by Crippen LogP contribution is 2.27. The van der Waals surface area contributed by atoms with Gasteiger partial charge in [-0.05, 0) is 32.9 Å². The number of H-pyrrole nitrogens is 1. The standard InChI is InChI=1S/C13H14ClNO2/c1-13(2,3)17-12(16)8-7-15-10-6-4-5-9(14)11(8)10/h4-7,15H,1-3H3. The zero-order valence-corrected chi connectivity index (χ0v) is 10.8. The topological polar surface area (TPSA) is 42.1 Å². The smallest absolute Gasteiger partial charge is 0.340 e. The van der Waals surface area contributed by atoms with Gasteiger partial charge in [-0.3, -0.25) is 0 Å². The van der Waals surface area contributed by atoms with Crippen LogP contribution in [0.25, 0.3) is 10.9 Å². The van der Waals surface area contributed by atoms with Gasteiger partial charge in [-0.15, -0.1) is 0 Å². The Bertz CT molecular complexity index is 566. The van der Waals surface area contributed by atoms with E-state index >= 15 is 0 Å². The summed E-state index contributed by atoms with van der Waals surface area (Å²) >= 11 is 6.09. The van der Waals surface area contributed by atoms with Gasteiger partial charge in [-0.25, -0.2) is 4.79 Å². The van der Waals surface area contributed by atoms with E-state index in [1.807, 2.05) is 32.9 Å². The summed E-state index contributed by atoms with van der Waals surface area (Å²) in [6.07, 6.45) is 1.63. The van der Waals surface area contributed by atoms with Crippen LogP contribution >= 0.6 is 11.6 Å². The molecule has 90 valence electrons. The molecule has 0 aliphatic carbocycles. The SMILES string of the molecule is CC(C)(C)OC(=O)c1c[nH]c2cccc(Cl)c12. The van der Waals surface area contributed by atoms with Gasteiger partial charge in [0.2, 0.25) is 0 Å². The summed E-state index contributed by atoms with van der Waals surface area (Å²) in [6.45, 7) is 5.50. The molecule has 1 N–H and O–H groups in total. The van der Waals surface area contributed by atoms with Crippen molar-refractivity contribution in [2.45, 2.75) is 26.4 Å². The van der Waals surface area contributed by atoms with E-state index in [0.29, 0.717) is 16.0 Å². The minimum Gasteiger partial charge on any atom is -0.456 e. The first-order valence-electron chi connectivity index (χ1n) is 5.37. The predicted octanol–water partition coefficient (Wildman–Crippen LogP) is 3.78. The Morgan fingerprint density at radius 3 is 2.71 bits per heavy atom. The third kappa shape index (κ3) is 2.44. The number of rotatable bonds is 1. The Kier molecular flexibility index (Phi) is 2.87. The summed E-state index contributed by atoms with van der Waals surface area (Å²) in [7, 11) is 0. The molecule has 3 nitrogen and oxygen atoms in total. The van der Waals surface area contributed by atoms with Crippen molar-refractivity contribution in [2.75, 3.05) is 0 Å². The van der Waals surface area contributed by atoms with Gasteiger partial charge in [0.15, 0.2) is 0 Å². The summed E-state index contributed by atoms with van der Waals surface area (Å²) < 4.78 is 5.33. The molecule has 0 spiro atoms. The molecule has 1 heterocycles. The second-order valence-corrected chi connectivity index (χ2v) is 5.27. The van der Waals surface area contributed by atoms with E-state index in [9.17, 15) is 4.79 Å². The maximum Gasteiger partial charge on any atom is 0.340 e. The number of hydrogen-bond donors (Lipinski definition) is 1. The second-order valence-electron chi connectivity index (χ2n) is 4.87. The molecule has 0 amide bonds. The summed E-state index contributed by atoms with van der Waals surface area (Å²) in [5.41, 5.74) is 0.793. The van der Waals surface area contributed by atoms with E-state index in [-0.39, 0.29) is 5.97 Å². The highest BCUT2D eigenvalue weighted by molar-refractivity contribution is 6.36. The van der Waals surface area contributed by atoms with Crippen molar-refractivity contribution in [3.63, 3.8) is 0 Å². The average Bonchev–Trinajstić information content (AvgIpc) is 2.60. The van der Waals surface area contributed by atoms with Crippen molar-refractivity contribution >= 4 is 28.5 Å². The molecule has 0 saturated heterocycles. The average molecular weight is 252 g/mol. The first-order valence-corrected chi connectivity index (χ1v) is 5.75. The number of ether oxygens (including phenoxy) is 1. The van der Waals surface area contributed by atoms with Crippen molar-refractivity contribution in [3.05, 3.63) is 35.0 Å². The number of fused-ring (bicyclic) bond motifs is 1. The molecule has 2 rings (SSSR count).